The Labute approximate surface area is 106 Å². The Morgan fingerprint density at radius 3 is 2.82 bits per heavy atom. The highest BCUT2D eigenvalue weighted by atomic mass is 35.5. The van der Waals surface area contributed by atoms with Crippen molar-refractivity contribution < 1.29 is 14.6 Å². The van der Waals surface area contributed by atoms with E-state index in [1.807, 2.05) is 19.9 Å². The summed E-state index contributed by atoms with van der Waals surface area (Å²) in [6.45, 7) is 4.34. The zero-order chi connectivity index (χ0) is 12.8. The van der Waals surface area contributed by atoms with Gasteiger partial charge in [0.15, 0.2) is 6.10 Å². The standard InChI is InChI=1S/C13H17ClO3/c1-3-6-17-12(13(15)16)8-10-7-11(14)5-4-9(10)2/h4-5,7,12H,3,6,8H2,1-2H3,(H,15,16)/t12-/m0/s1. The fraction of sp³-hybridized carbons (Fsp3) is 0.462. The van der Waals surface area contributed by atoms with Crippen LogP contribution in [0.15, 0.2) is 18.2 Å². The number of aliphatic carboxylic acids is 1. The van der Waals surface area contributed by atoms with Gasteiger partial charge in [-0.15, -0.1) is 0 Å². The zero-order valence-corrected chi connectivity index (χ0v) is 10.8. The summed E-state index contributed by atoms with van der Waals surface area (Å²) >= 11 is 5.90. The van der Waals surface area contributed by atoms with Gasteiger partial charge in [-0.2, -0.15) is 0 Å². The number of hydrogen-bond donors (Lipinski definition) is 1. The maximum atomic E-state index is 11.0. The van der Waals surface area contributed by atoms with E-state index < -0.39 is 12.1 Å². The van der Waals surface area contributed by atoms with E-state index in [0.717, 1.165) is 17.5 Å². The molecule has 0 aromatic heterocycles. The molecule has 0 fully saturated rings. The Morgan fingerprint density at radius 2 is 2.24 bits per heavy atom. The summed E-state index contributed by atoms with van der Waals surface area (Å²) in [5, 5.41) is 9.68. The van der Waals surface area contributed by atoms with E-state index >= 15 is 0 Å². The van der Waals surface area contributed by atoms with Gasteiger partial charge < -0.3 is 9.84 Å². The van der Waals surface area contributed by atoms with Crippen molar-refractivity contribution in [2.75, 3.05) is 6.61 Å². The molecule has 0 saturated carbocycles. The van der Waals surface area contributed by atoms with E-state index in [9.17, 15) is 4.79 Å². The molecule has 94 valence electrons. The van der Waals surface area contributed by atoms with Crippen LogP contribution in [0.1, 0.15) is 24.5 Å². The van der Waals surface area contributed by atoms with E-state index in [1.54, 1.807) is 12.1 Å². The van der Waals surface area contributed by atoms with Crippen molar-refractivity contribution in [2.24, 2.45) is 0 Å². The third-order valence-corrected chi connectivity index (χ3v) is 2.75. The van der Waals surface area contributed by atoms with Gasteiger partial charge in [0.05, 0.1) is 0 Å². The molecule has 17 heavy (non-hydrogen) atoms. The van der Waals surface area contributed by atoms with Gasteiger partial charge in [0.2, 0.25) is 0 Å². The number of halogens is 1. The molecular weight excluding hydrogens is 240 g/mol. The first kappa shape index (κ1) is 14.0. The molecule has 0 aliphatic carbocycles. The van der Waals surface area contributed by atoms with Gasteiger partial charge in [0.1, 0.15) is 0 Å². The molecular formula is C13H17ClO3. The molecule has 0 spiro atoms. The van der Waals surface area contributed by atoms with Crippen LogP contribution in [0.25, 0.3) is 0 Å². The van der Waals surface area contributed by atoms with Crippen LogP contribution in [0.2, 0.25) is 5.02 Å². The molecule has 1 aromatic rings. The predicted molar refractivity (Wildman–Crippen MR) is 67.6 cm³/mol. The Morgan fingerprint density at radius 1 is 1.53 bits per heavy atom. The van der Waals surface area contributed by atoms with Crippen LogP contribution < -0.4 is 0 Å². The van der Waals surface area contributed by atoms with Crippen molar-refractivity contribution >= 4 is 17.6 Å². The lowest BCUT2D eigenvalue weighted by atomic mass is 10.0. The summed E-state index contributed by atoms with van der Waals surface area (Å²) in [5.41, 5.74) is 1.95. The molecule has 0 aliphatic heterocycles. The van der Waals surface area contributed by atoms with Crippen LogP contribution >= 0.6 is 11.6 Å². The molecule has 0 aliphatic rings. The maximum Gasteiger partial charge on any atom is 0.333 e. The van der Waals surface area contributed by atoms with E-state index in [-0.39, 0.29) is 0 Å². The average molecular weight is 257 g/mol. The fourth-order valence-electron chi connectivity index (χ4n) is 1.54. The largest absolute Gasteiger partial charge is 0.479 e. The molecule has 4 heteroatoms. The van der Waals surface area contributed by atoms with Gasteiger partial charge >= 0.3 is 5.97 Å². The number of carboxylic acid groups (broad SMARTS) is 1. The van der Waals surface area contributed by atoms with Crippen LogP contribution in [-0.4, -0.2) is 23.8 Å². The first-order valence-electron chi connectivity index (χ1n) is 5.64. The van der Waals surface area contributed by atoms with Gasteiger partial charge in [0.25, 0.3) is 0 Å². The van der Waals surface area contributed by atoms with Crippen molar-refractivity contribution in [3.05, 3.63) is 34.3 Å². The third kappa shape index (κ3) is 4.36. The minimum absolute atomic E-state index is 0.349. The van der Waals surface area contributed by atoms with Crippen molar-refractivity contribution in [3.63, 3.8) is 0 Å². The van der Waals surface area contributed by atoms with Gasteiger partial charge in [-0.25, -0.2) is 4.79 Å². The van der Waals surface area contributed by atoms with Gasteiger partial charge in [-0.1, -0.05) is 24.6 Å². The van der Waals surface area contributed by atoms with E-state index in [4.69, 9.17) is 21.4 Å². The molecule has 0 amide bonds. The highest BCUT2D eigenvalue weighted by molar-refractivity contribution is 6.30. The Balaban J connectivity index is 2.78. The monoisotopic (exact) mass is 256 g/mol. The molecule has 0 radical (unpaired) electrons. The average Bonchev–Trinajstić information content (AvgIpc) is 2.28. The van der Waals surface area contributed by atoms with Crippen LogP contribution in [0.3, 0.4) is 0 Å². The second-order valence-electron chi connectivity index (χ2n) is 3.97. The SMILES string of the molecule is CCCO[C@@H](Cc1cc(Cl)ccc1C)C(=O)O. The van der Waals surface area contributed by atoms with Crippen LogP contribution in [0.4, 0.5) is 0 Å². The summed E-state index contributed by atoms with van der Waals surface area (Å²) in [4.78, 5) is 11.0. The molecule has 0 heterocycles. The summed E-state index contributed by atoms with van der Waals surface area (Å²) in [5.74, 6) is -0.933. The first-order valence-corrected chi connectivity index (χ1v) is 6.01. The van der Waals surface area contributed by atoms with Gasteiger partial charge in [-0.05, 0) is 36.6 Å². The van der Waals surface area contributed by atoms with Crippen LogP contribution in [0, 0.1) is 6.92 Å². The van der Waals surface area contributed by atoms with E-state index in [1.165, 1.54) is 0 Å². The van der Waals surface area contributed by atoms with E-state index in [0.29, 0.717) is 18.1 Å². The van der Waals surface area contributed by atoms with Crippen molar-refractivity contribution in [1.29, 1.82) is 0 Å². The number of carboxylic acids is 1. The van der Waals surface area contributed by atoms with Crippen molar-refractivity contribution in [2.45, 2.75) is 32.8 Å². The highest BCUT2D eigenvalue weighted by Crippen LogP contribution is 2.18. The molecule has 3 nitrogen and oxygen atoms in total. The minimum Gasteiger partial charge on any atom is -0.479 e. The third-order valence-electron chi connectivity index (χ3n) is 2.52. The van der Waals surface area contributed by atoms with Crippen molar-refractivity contribution in [1.82, 2.24) is 0 Å². The lowest BCUT2D eigenvalue weighted by molar-refractivity contribution is -0.150. The lowest BCUT2D eigenvalue weighted by Crippen LogP contribution is -2.27. The van der Waals surface area contributed by atoms with Crippen LogP contribution in [-0.2, 0) is 16.0 Å². The smallest absolute Gasteiger partial charge is 0.333 e. The van der Waals surface area contributed by atoms with Gasteiger partial charge in [0, 0.05) is 18.1 Å². The summed E-state index contributed by atoms with van der Waals surface area (Å²) in [7, 11) is 0. The Hall–Kier alpha value is -1.06. The topological polar surface area (TPSA) is 46.5 Å². The maximum absolute atomic E-state index is 11.0. The number of aryl methyl sites for hydroxylation is 1. The number of hydrogen-bond acceptors (Lipinski definition) is 2. The zero-order valence-electron chi connectivity index (χ0n) is 10.1. The summed E-state index contributed by atoms with van der Waals surface area (Å²) < 4.78 is 5.31. The van der Waals surface area contributed by atoms with E-state index in [2.05, 4.69) is 0 Å². The molecule has 0 saturated heterocycles. The summed E-state index contributed by atoms with van der Waals surface area (Å²) in [6.07, 6.45) is 0.354. The summed E-state index contributed by atoms with van der Waals surface area (Å²) in [6, 6.07) is 5.47. The number of carbonyl (C=O) groups is 1. The van der Waals surface area contributed by atoms with Crippen molar-refractivity contribution in [3.8, 4) is 0 Å². The number of rotatable bonds is 6. The normalized spacial score (nSPS) is 12.4. The van der Waals surface area contributed by atoms with Gasteiger partial charge in [-0.3, -0.25) is 0 Å². The first-order chi connectivity index (χ1) is 8.04. The second kappa shape index (κ2) is 6.62. The Kier molecular flexibility index (Phi) is 5.45. The molecule has 1 rings (SSSR count). The lowest BCUT2D eigenvalue weighted by Gasteiger charge is -2.14. The highest BCUT2D eigenvalue weighted by Gasteiger charge is 2.19. The fourth-order valence-corrected chi connectivity index (χ4v) is 1.73. The second-order valence-corrected chi connectivity index (χ2v) is 4.41. The number of ether oxygens (including phenoxy) is 1. The molecule has 1 N–H and O–H groups in total. The number of benzene rings is 1. The minimum atomic E-state index is -0.933. The van der Waals surface area contributed by atoms with Crippen LogP contribution in [0.5, 0.6) is 0 Å². The molecule has 0 unspecified atom stereocenters. The molecule has 1 atom stereocenters. The molecule has 1 aromatic carbocycles. The predicted octanol–water partition coefficient (Wildman–Crippen LogP) is 3.07. The Bertz CT molecular complexity index is 390. The molecule has 0 bridgehead atoms. The quantitative estimate of drug-likeness (QED) is 0.851.